The Kier molecular flexibility index (Phi) is 6.45. The second-order valence-corrected chi connectivity index (χ2v) is 6.58. The Morgan fingerprint density at radius 1 is 1.50 bits per heavy atom. The van der Waals surface area contributed by atoms with Gasteiger partial charge in [-0.2, -0.15) is 0 Å². The molecule has 1 atom stereocenters. The molecule has 0 spiro atoms. The number of likely N-dealkylation sites (N-methyl/N-ethyl adjacent to an activating group) is 1. The summed E-state index contributed by atoms with van der Waals surface area (Å²) in [6, 6.07) is 0.628. The van der Waals surface area contributed by atoms with Crippen molar-refractivity contribution in [2.45, 2.75) is 32.4 Å². The molecule has 0 amide bonds. The average Bonchev–Trinajstić information content (AvgIpc) is 3.16. The molecule has 0 aromatic carbocycles. The molecule has 1 aliphatic heterocycles. The van der Waals surface area contributed by atoms with E-state index in [0.717, 1.165) is 29.9 Å². The minimum Gasteiger partial charge on any atom is -0.355 e. The smallest absolute Gasteiger partial charge is 0.191 e. The first-order chi connectivity index (χ1) is 10.6. The van der Waals surface area contributed by atoms with Crippen molar-refractivity contribution >= 4 is 22.4 Å². The minimum absolute atomic E-state index is 0.628. The van der Waals surface area contributed by atoms with Gasteiger partial charge < -0.3 is 15.5 Å². The Bertz CT molecular complexity index is 484. The number of likely N-dealkylation sites (tertiary alicyclic amines) is 1. The van der Waals surface area contributed by atoms with Crippen LogP contribution in [0.25, 0.3) is 0 Å². The van der Waals surface area contributed by atoms with Gasteiger partial charge in [-0.1, -0.05) is 6.92 Å². The van der Waals surface area contributed by atoms with Gasteiger partial charge in [0.25, 0.3) is 0 Å². The topological polar surface area (TPSA) is 55.8 Å². The Morgan fingerprint density at radius 3 is 2.95 bits per heavy atom. The molecule has 7 heteroatoms. The Hall–Kier alpha value is -1.34. The lowest BCUT2D eigenvalue weighted by Crippen LogP contribution is -2.44. The summed E-state index contributed by atoms with van der Waals surface area (Å²) in [6.45, 7) is 6.24. The zero-order valence-corrected chi connectivity index (χ0v) is 14.9. The van der Waals surface area contributed by atoms with Crippen molar-refractivity contribution in [3.63, 3.8) is 0 Å². The molecule has 1 aromatic rings. The van der Waals surface area contributed by atoms with Crippen LogP contribution in [-0.4, -0.2) is 62.7 Å². The third-order valence-corrected chi connectivity index (χ3v) is 5.05. The van der Waals surface area contributed by atoms with Gasteiger partial charge in [0.05, 0.1) is 12.2 Å². The second-order valence-electron chi connectivity index (χ2n) is 5.75. The fourth-order valence-electron chi connectivity index (χ4n) is 2.73. The molecule has 1 aliphatic rings. The van der Waals surface area contributed by atoms with Crippen molar-refractivity contribution in [3.05, 3.63) is 11.1 Å². The van der Waals surface area contributed by atoms with E-state index >= 15 is 0 Å². The maximum atomic E-state index is 4.57. The number of aliphatic imine (C=N–C) groups is 1. The first-order valence-corrected chi connectivity index (χ1v) is 8.82. The molecule has 1 aromatic heterocycles. The van der Waals surface area contributed by atoms with Crippen LogP contribution in [0, 0.1) is 0 Å². The van der Waals surface area contributed by atoms with Crippen LogP contribution in [0.1, 0.15) is 25.5 Å². The summed E-state index contributed by atoms with van der Waals surface area (Å²) < 4.78 is 0. The Morgan fingerprint density at radius 2 is 2.32 bits per heavy atom. The fraction of sp³-hybridized carbons (Fsp3) is 0.733. The van der Waals surface area contributed by atoms with Crippen LogP contribution in [0.2, 0.25) is 0 Å². The average molecular weight is 324 g/mol. The van der Waals surface area contributed by atoms with Crippen LogP contribution in [0.5, 0.6) is 0 Å². The van der Waals surface area contributed by atoms with Crippen LogP contribution in [0.4, 0.5) is 5.13 Å². The van der Waals surface area contributed by atoms with E-state index in [9.17, 15) is 0 Å². The third kappa shape index (κ3) is 4.58. The van der Waals surface area contributed by atoms with E-state index < -0.39 is 0 Å². The summed E-state index contributed by atoms with van der Waals surface area (Å²) in [5.41, 5.74) is 1.05. The highest BCUT2D eigenvalue weighted by molar-refractivity contribution is 7.13. The number of guanidine groups is 1. The van der Waals surface area contributed by atoms with Gasteiger partial charge in [0.15, 0.2) is 11.1 Å². The first kappa shape index (κ1) is 17.0. The van der Waals surface area contributed by atoms with E-state index in [1.807, 2.05) is 26.0 Å². The van der Waals surface area contributed by atoms with Gasteiger partial charge in [0.1, 0.15) is 0 Å². The van der Waals surface area contributed by atoms with E-state index in [1.54, 1.807) is 11.3 Å². The van der Waals surface area contributed by atoms with Gasteiger partial charge in [0, 0.05) is 39.1 Å². The zero-order chi connectivity index (χ0) is 15.9. The van der Waals surface area contributed by atoms with Crippen molar-refractivity contribution in [3.8, 4) is 0 Å². The fourth-order valence-corrected chi connectivity index (χ4v) is 3.49. The number of anilines is 1. The molecular formula is C15H28N6S. The molecule has 22 heavy (non-hydrogen) atoms. The maximum absolute atomic E-state index is 4.57. The molecule has 124 valence electrons. The van der Waals surface area contributed by atoms with Crippen LogP contribution in [0.3, 0.4) is 0 Å². The molecule has 0 bridgehead atoms. The number of hydrogen-bond donors (Lipinski definition) is 2. The molecule has 6 nitrogen and oxygen atoms in total. The summed E-state index contributed by atoms with van der Waals surface area (Å²) in [5, 5.41) is 9.90. The van der Waals surface area contributed by atoms with Crippen molar-refractivity contribution < 1.29 is 0 Å². The molecule has 1 fully saturated rings. The van der Waals surface area contributed by atoms with E-state index in [1.165, 1.54) is 19.4 Å². The van der Waals surface area contributed by atoms with Gasteiger partial charge in [-0.3, -0.25) is 9.89 Å². The number of nitrogens with one attached hydrogen (secondary N) is 2. The number of hydrogen-bond acceptors (Lipinski definition) is 5. The van der Waals surface area contributed by atoms with E-state index in [-0.39, 0.29) is 0 Å². The van der Waals surface area contributed by atoms with Crippen LogP contribution in [0.15, 0.2) is 10.4 Å². The second kappa shape index (κ2) is 8.33. The van der Waals surface area contributed by atoms with Crippen molar-refractivity contribution in [1.29, 1.82) is 0 Å². The number of rotatable bonds is 6. The Labute approximate surface area is 137 Å². The lowest BCUT2D eigenvalue weighted by atomic mass is 10.2. The highest BCUT2D eigenvalue weighted by Gasteiger charge is 2.22. The lowest BCUT2D eigenvalue weighted by Gasteiger charge is -2.23. The predicted octanol–water partition coefficient (Wildman–Crippen LogP) is 1.36. The third-order valence-electron chi connectivity index (χ3n) is 3.99. The van der Waals surface area contributed by atoms with E-state index in [2.05, 4.69) is 37.8 Å². The summed E-state index contributed by atoms with van der Waals surface area (Å²) in [6.07, 6.45) is 2.58. The lowest BCUT2D eigenvalue weighted by molar-refractivity contribution is 0.267. The van der Waals surface area contributed by atoms with Crippen LogP contribution in [-0.2, 0) is 6.54 Å². The van der Waals surface area contributed by atoms with Crippen molar-refractivity contribution in [1.82, 2.24) is 20.5 Å². The molecule has 2 heterocycles. The van der Waals surface area contributed by atoms with E-state index in [0.29, 0.717) is 12.6 Å². The van der Waals surface area contributed by atoms with Gasteiger partial charge in [-0.25, -0.2) is 4.98 Å². The van der Waals surface area contributed by atoms with Crippen molar-refractivity contribution in [2.24, 2.45) is 4.99 Å². The van der Waals surface area contributed by atoms with Gasteiger partial charge in [-0.05, 0) is 25.9 Å². The quantitative estimate of drug-likeness (QED) is 0.611. The SMILES string of the molecule is CCN1CCCC1CNC(=NC)NCc1csc(N(C)C)n1. The van der Waals surface area contributed by atoms with Gasteiger partial charge in [0.2, 0.25) is 0 Å². The molecule has 2 rings (SSSR count). The normalized spacial score (nSPS) is 19.5. The molecule has 0 saturated carbocycles. The standard InChI is InChI=1S/C15H28N6S/c1-5-21-8-6-7-13(21)10-18-14(16-2)17-9-12-11-22-15(19-12)20(3)4/h11,13H,5-10H2,1-4H3,(H2,16,17,18). The summed E-state index contributed by atoms with van der Waals surface area (Å²) >= 11 is 1.66. The van der Waals surface area contributed by atoms with Gasteiger partial charge >= 0.3 is 0 Å². The van der Waals surface area contributed by atoms with Gasteiger partial charge in [-0.15, -0.1) is 11.3 Å². The first-order valence-electron chi connectivity index (χ1n) is 7.94. The highest BCUT2D eigenvalue weighted by atomic mass is 32.1. The molecular weight excluding hydrogens is 296 g/mol. The van der Waals surface area contributed by atoms with Crippen LogP contribution >= 0.6 is 11.3 Å². The number of thiazole rings is 1. The Balaban J connectivity index is 1.77. The maximum Gasteiger partial charge on any atom is 0.191 e. The molecule has 1 saturated heterocycles. The van der Waals surface area contributed by atoms with Crippen molar-refractivity contribution in [2.75, 3.05) is 45.7 Å². The van der Waals surface area contributed by atoms with Crippen LogP contribution < -0.4 is 15.5 Å². The predicted molar refractivity (Wildman–Crippen MR) is 94.9 cm³/mol. The molecule has 1 unspecified atom stereocenters. The monoisotopic (exact) mass is 324 g/mol. The summed E-state index contributed by atoms with van der Waals surface area (Å²) in [7, 11) is 5.84. The summed E-state index contributed by atoms with van der Waals surface area (Å²) in [5.74, 6) is 0.849. The minimum atomic E-state index is 0.628. The molecule has 2 N–H and O–H groups in total. The number of aromatic nitrogens is 1. The largest absolute Gasteiger partial charge is 0.355 e. The van der Waals surface area contributed by atoms with E-state index in [4.69, 9.17) is 0 Å². The number of nitrogens with zero attached hydrogens (tertiary/aromatic N) is 4. The summed E-state index contributed by atoms with van der Waals surface area (Å²) in [4.78, 5) is 13.4. The molecule has 0 aliphatic carbocycles. The zero-order valence-electron chi connectivity index (χ0n) is 14.1. The highest BCUT2D eigenvalue weighted by Crippen LogP contribution is 2.17. The molecule has 0 radical (unpaired) electrons.